The van der Waals surface area contributed by atoms with Crippen LogP contribution in [0.15, 0.2) is 23.1 Å². The predicted octanol–water partition coefficient (Wildman–Crippen LogP) is 3.53. The number of amides is 2. The summed E-state index contributed by atoms with van der Waals surface area (Å²) in [6.07, 6.45) is 7.61. The van der Waals surface area contributed by atoms with E-state index in [1.54, 1.807) is 12.1 Å². The molecule has 2 N–H and O–H groups in total. The number of nitrogens with zero attached hydrogens (tertiary/aromatic N) is 1. The number of hydrogen-bond acceptors (Lipinski definition) is 5. The largest absolute Gasteiger partial charge is 0.495 e. The Morgan fingerprint density at radius 2 is 1.67 bits per heavy atom. The van der Waals surface area contributed by atoms with Gasteiger partial charge in [0.25, 0.3) is 0 Å². The first-order valence-corrected chi connectivity index (χ1v) is 13.5. The molecular formula is C24H37N3O5S. The summed E-state index contributed by atoms with van der Waals surface area (Å²) in [4.78, 5) is 25.8. The van der Waals surface area contributed by atoms with Crippen molar-refractivity contribution in [3.05, 3.63) is 18.2 Å². The summed E-state index contributed by atoms with van der Waals surface area (Å²) in [6, 6.07) is 3.91. The number of carbonyl (C=O) groups excluding carboxylic acids is 2. The minimum absolute atomic E-state index is 0.0389. The van der Waals surface area contributed by atoms with Crippen LogP contribution in [0.3, 0.4) is 0 Å². The van der Waals surface area contributed by atoms with E-state index in [0.717, 1.165) is 51.4 Å². The molecule has 1 aliphatic heterocycles. The first-order chi connectivity index (χ1) is 15.7. The summed E-state index contributed by atoms with van der Waals surface area (Å²) in [6.45, 7) is 4.71. The van der Waals surface area contributed by atoms with Crippen LogP contribution in [0.4, 0.5) is 5.69 Å². The molecule has 0 spiro atoms. The van der Waals surface area contributed by atoms with Gasteiger partial charge in [-0.1, -0.05) is 39.5 Å². The van der Waals surface area contributed by atoms with Crippen molar-refractivity contribution in [2.24, 2.45) is 11.8 Å². The first kappa shape index (κ1) is 25.5. The first-order valence-electron chi connectivity index (χ1n) is 12.0. The SMILES string of the molecule is COc1ccc(NC(=O)[C@H](NC(=O)C2CCCCC2)C(C)C)cc1S(=O)(=O)N1CCCCC1. The summed E-state index contributed by atoms with van der Waals surface area (Å²) in [5.41, 5.74) is 0.356. The van der Waals surface area contributed by atoms with Crippen molar-refractivity contribution < 1.29 is 22.7 Å². The van der Waals surface area contributed by atoms with E-state index < -0.39 is 16.1 Å². The summed E-state index contributed by atoms with van der Waals surface area (Å²) >= 11 is 0. The number of nitrogens with one attached hydrogen (secondary N) is 2. The molecule has 0 aromatic heterocycles. The Hall–Kier alpha value is -2.13. The molecule has 2 amide bonds. The van der Waals surface area contributed by atoms with Gasteiger partial charge in [0.2, 0.25) is 21.8 Å². The van der Waals surface area contributed by atoms with E-state index in [4.69, 9.17) is 4.74 Å². The number of sulfonamides is 1. The maximum Gasteiger partial charge on any atom is 0.247 e. The van der Waals surface area contributed by atoms with Crippen LogP contribution in [0.1, 0.15) is 65.2 Å². The second kappa shape index (κ2) is 11.3. The van der Waals surface area contributed by atoms with Gasteiger partial charge in [-0.05, 0) is 49.8 Å². The number of hydrogen-bond donors (Lipinski definition) is 2. The van der Waals surface area contributed by atoms with Gasteiger partial charge in [-0.2, -0.15) is 4.31 Å². The van der Waals surface area contributed by atoms with Crippen molar-refractivity contribution >= 4 is 27.5 Å². The van der Waals surface area contributed by atoms with E-state index in [1.165, 1.54) is 17.5 Å². The Morgan fingerprint density at radius 3 is 2.27 bits per heavy atom. The number of ether oxygens (including phenoxy) is 1. The molecule has 1 heterocycles. The fourth-order valence-corrected chi connectivity index (χ4v) is 6.29. The molecule has 0 bridgehead atoms. The third-order valence-corrected chi connectivity index (χ3v) is 8.51. The Balaban J connectivity index is 1.77. The smallest absolute Gasteiger partial charge is 0.247 e. The molecule has 1 atom stereocenters. The van der Waals surface area contributed by atoms with E-state index in [-0.39, 0.29) is 34.3 Å². The number of methoxy groups -OCH3 is 1. The van der Waals surface area contributed by atoms with E-state index in [1.807, 2.05) is 13.8 Å². The zero-order valence-electron chi connectivity index (χ0n) is 19.9. The highest BCUT2D eigenvalue weighted by molar-refractivity contribution is 7.89. The molecule has 33 heavy (non-hydrogen) atoms. The summed E-state index contributed by atoms with van der Waals surface area (Å²) in [5, 5.41) is 5.73. The number of piperidine rings is 1. The van der Waals surface area contributed by atoms with Crippen molar-refractivity contribution in [3.8, 4) is 5.75 Å². The highest BCUT2D eigenvalue weighted by atomic mass is 32.2. The van der Waals surface area contributed by atoms with Crippen LogP contribution < -0.4 is 15.4 Å². The number of rotatable bonds is 8. The molecular weight excluding hydrogens is 442 g/mol. The molecule has 0 unspecified atom stereocenters. The number of anilines is 1. The molecule has 1 saturated heterocycles. The third kappa shape index (κ3) is 6.26. The number of carbonyl (C=O) groups is 2. The molecule has 9 heteroatoms. The average molecular weight is 480 g/mol. The molecule has 1 aromatic rings. The topological polar surface area (TPSA) is 105 Å². The average Bonchev–Trinajstić information content (AvgIpc) is 2.83. The van der Waals surface area contributed by atoms with Gasteiger partial charge in [0, 0.05) is 24.7 Å². The zero-order chi connectivity index (χ0) is 24.0. The molecule has 1 saturated carbocycles. The zero-order valence-corrected chi connectivity index (χ0v) is 20.7. The van der Waals surface area contributed by atoms with Crippen LogP contribution in [-0.2, 0) is 19.6 Å². The van der Waals surface area contributed by atoms with Crippen molar-refractivity contribution in [1.29, 1.82) is 0 Å². The maximum absolute atomic E-state index is 13.2. The summed E-state index contributed by atoms with van der Waals surface area (Å²) < 4.78 is 33.3. The van der Waals surface area contributed by atoms with Crippen molar-refractivity contribution in [3.63, 3.8) is 0 Å². The normalized spacial score (nSPS) is 19.2. The molecule has 0 radical (unpaired) electrons. The Morgan fingerprint density at radius 1 is 1.03 bits per heavy atom. The van der Waals surface area contributed by atoms with Gasteiger partial charge in [-0.3, -0.25) is 9.59 Å². The van der Waals surface area contributed by atoms with Crippen LogP contribution in [-0.4, -0.2) is 50.8 Å². The lowest BCUT2D eigenvalue weighted by Crippen LogP contribution is -2.49. The predicted molar refractivity (Wildman–Crippen MR) is 128 cm³/mol. The van der Waals surface area contributed by atoms with E-state index in [9.17, 15) is 18.0 Å². The van der Waals surface area contributed by atoms with Crippen molar-refractivity contribution in [2.45, 2.75) is 76.2 Å². The second-order valence-electron chi connectivity index (χ2n) is 9.38. The molecule has 2 fully saturated rings. The lowest BCUT2D eigenvalue weighted by Gasteiger charge is -2.27. The Labute approximate surface area is 197 Å². The van der Waals surface area contributed by atoms with Crippen LogP contribution >= 0.6 is 0 Å². The Kier molecular flexibility index (Phi) is 8.75. The minimum atomic E-state index is -3.75. The van der Waals surface area contributed by atoms with Crippen LogP contribution in [0.25, 0.3) is 0 Å². The highest BCUT2D eigenvalue weighted by Crippen LogP contribution is 2.31. The van der Waals surface area contributed by atoms with Crippen molar-refractivity contribution in [2.75, 3.05) is 25.5 Å². The van der Waals surface area contributed by atoms with E-state index in [2.05, 4.69) is 10.6 Å². The van der Waals surface area contributed by atoms with Crippen LogP contribution in [0.2, 0.25) is 0 Å². The van der Waals surface area contributed by atoms with Gasteiger partial charge in [0.15, 0.2) is 0 Å². The van der Waals surface area contributed by atoms with Crippen LogP contribution in [0, 0.1) is 11.8 Å². The lowest BCUT2D eigenvalue weighted by molar-refractivity contribution is -0.130. The summed E-state index contributed by atoms with van der Waals surface area (Å²) in [7, 11) is -2.32. The van der Waals surface area contributed by atoms with Gasteiger partial charge < -0.3 is 15.4 Å². The molecule has 184 valence electrons. The lowest BCUT2D eigenvalue weighted by atomic mass is 9.88. The second-order valence-corrected chi connectivity index (χ2v) is 11.3. The Bertz CT molecular complexity index is 935. The summed E-state index contributed by atoms with van der Waals surface area (Å²) in [5.74, 6) is -0.362. The minimum Gasteiger partial charge on any atom is -0.495 e. The monoisotopic (exact) mass is 479 g/mol. The van der Waals surface area contributed by atoms with Crippen molar-refractivity contribution in [1.82, 2.24) is 9.62 Å². The molecule has 2 aliphatic rings. The van der Waals surface area contributed by atoms with Gasteiger partial charge in [-0.25, -0.2) is 8.42 Å². The van der Waals surface area contributed by atoms with Gasteiger partial charge in [0.05, 0.1) is 7.11 Å². The number of benzene rings is 1. The van der Waals surface area contributed by atoms with Gasteiger partial charge >= 0.3 is 0 Å². The fourth-order valence-electron chi connectivity index (χ4n) is 4.59. The quantitative estimate of drug-likeness (QED) is 0.594. The molecule has 3 rings (SSSR count). The fraction of sp³-hybridized carbons (Fsp3) is 0.667. The van der Waals surface area contributed by atoms with Gasteiger partial charge in [-0.15, -0.1) is 0 Å². The molecule has 1 aliphatic carbocycles. The van der Waals surface area contributed by atoms with E-state index in [0.29, 0.717) is 18.8 Å². The molecule has 1 aromatic carbocycles. The van der Waals surface area contributed by atoms with E-state index >= 15 is 0 Å². The molecule has 8 nitrogen and oxygen atoms in total. The third-order valence-electron chi connectivity index (χ3n) is 6.59. The maximum atomic E-state index is 13.2. The highest BCUT2D eigenvalue weighted by Gasteiger charge is 2.31. The van der Waals surface area contributed by atoms with Gasteiger partial charge in [0.1, 0.15) is 16.7 Å². The van der Waals surface area contributed by atoms with Crippen LogP contribution in [0.5, 0.6) is 5.75 Å². The standard InChI is InChI=1S/C24H37N3O5S/c1-17(2)22(26-23(28)18-10-6-4-7-11-18)24(29)25-19-12-13-20(32-3)21(16-19)33(30,31)27-14-8-5-9-15-27/h12-13,16-18,22H,4-11,14-15H2,1-3H3,(H,25,29)(H,26,28)/t22-/m1/s1.